The number of carbonyl (C=O) groups is 2. The first kappa shape index (κ1) is 14.3. The lowest BCUT2D eigenvalue weighted by Crippen LogP contribution is -2.67. The summed E-state index contributed by atoms with van der Waals surface area (Å²) in [6, 6.07) is 0. The molecule has 19 heavy (non-hydrogen) atoms. The number of rotatable bonds is 3. The molecule has 1 amide bonds. The number of amides is 1. The van der Waals surface area contributed by atoms with Crippen LogP contribution in [0.5, 0.6) is 0 Å². The molecule has 5 nitrogen and oxygen atoms in total. The lowest BCUT2D eigenvalue weighted by molar-refractivity contribution is -0.173. The van der Waals surface area contributed by atoms with Gasteiger partial charge in [0, 0.05) is 0 Å². The van der Waals surface area contributed by atoms with E-state index in [1.54, 1.807) is 4.90 Å². The van der Waals surface area contributed by atoms with Crippen molar-refractivity contribution >= 4 is 11.9 Å². The minimum atomic E-state index is -0.863. The fourth-order valence-corrected chi connectivity index (χ4v) is 3.09. The molecule has 2 atom stereocenters. The van der Waals surface area contributed by atoms with Crippen LogP contribution in [0.25, 0.3) is 0 Å². The van der Waals surface area contributed by atoms with Gasteiger partial charge in [-0.25, -0.2) is 0 Å². The molecule has 108 valence electrons. The Balaban J connectivity index is 1.98. The Labute approximate surface area is 113 Å². The van der Waals surface area contributed by atoms with Crippen LogP contribution in [0.15, 0.2) is 0 Å². The number of aliphatic carboxylic acids is 1. The summed E-state index contributed by atoms with van der Waals surface area (Å²) in [5.41, 5.74) is -0.789. The van der Waals surface area contributed by atoms with Gasteiger partial charge < -0.3 is 15.1 Å². The molecule has 1 aliphatic carbocycles. The van der Waals surface area contributed by atoms with Crippen LogP contribution in [0.1, 0.15) is 39.5 Å². The lowest BCUT2D eigenvalue weighted by atomic mass is 9.76. The Kier molecular flexibility index (Phi) is 3.85. The standard InChI is InChI=1S/C14H23NO4/c1-9(2)14(19)7-15(8-14)12(16)10-5-3-4-6-11(10)13(17)18/h9-11,19H,3-8H2,1-2H3,(H,17,18)/t10-,11+/m1/s1. The van der Waals surface area contributed by atoms with Crippen molar-refractivity contribution in [2.24, 2.45) is 17.8 Å². The number of likely N-dealkylation sites (tertiary alicyclic amines) is 1. The molecule has 5 heteroatoms. The molecule has 0 aromatic rings. The highest BCUT2D eigenvalue weighted by molar-refractivity contribution is 5.85. The van der Waals surface area contributed by atoms with Gasteiger partial charge in [-0.3, -0.25) is 9.59 Å². The normalized spacial score (nSPS) is 30.0. The third kappa shape index (κ3) is 2.61. The maximum Gasteiger partial charge on any atom is 0.307 e. The van der Waals surface area contributed by atoms with E-state index in [0.717, 1.165) is 12.8 Å². The van der Waals surface area contributed by atoms with Crippen LogP contribution in [0.3, 0.4) is 0 Å². The van der Waals surface area contributed by atoms with Gasteiger partial charge in [0.15, 0.2) is 0 Å². The maximum absolute atomic E-state index is 12.4. The molecular weight excluding hydrogens is 246 g/mol. The molecule has 2 aliphatic rings. The Morgan fingerprint density at radius 2 is 1.68 bits per heavy atom. The number of nitrogens with zero attached hydrogens (tertiary/aromatic N) is 1. The van der Waals surface area contributed by atoms with Crippen LogP contribution in [0.2, 0.25) is 0 Å². The summed E-state index contributed by atoms with van der Waals surface area (Å²) >= 11 is 0. The molecule has 0 aromatic heterocycles. The first-order chi connectivity index (χ1) is 8.85. The Morgan fingerprint density at radius 1 is 1.16 bits per heavy atom. The van der Waals surface area contributed by atoms with E-state index in [0.29, 0.717) is 25.9 Å². The molecule has 1 saturated carbocycles. The topological polar surface area (TPSA) is 77.8 Å². The van der Waals surface area contributed by atoms with Gasteiger partial charge in [0.25, 0.3) is 0 Å². The van der Waals surface area contributed by atoms with Crippen molar-refractivity contribution in [3.63, 3.8) is 0 Å². The zero-order chi connectivity index (χ0) is 14.2. The van der Waals surface area contributed by atoms with Crippen molar-refractivity contribution in [1.82, 2.24) is 4.90 Å². The van der Waals surface area contributed by atoms with E-state index < -0.39 is 23.4 Å². The minimum absolute atomic E-state index is 0.0857. The fraction of sp³-hybridized carbons (Fsp3) is 0.857. The van der Waals surface area contributed by atoms with Crippen molar-refractivity contribution in [3.05, 3.63) is 0 Å². The monoisotopic (exact) mass is 269 g/mol. The van der Waals surface area contributed by atoms with Gasteiger partial charge >= 0.3 is 5.97 Å². The highest BCUT2D eigenvalue weighted by Gasteiger charge is 2.48. The average molecular weight is 269 g/mol. The van der Waals surface area contributed by atoms with Crippen LogP contribution in [-0.2, 0) is 9.59 Å². The number of carboxylic acids is 1. The fourth-order valence-electron chi connectivity index (χ4n) is 3.09. The van der Waals surface area contributed by atoms with Gasteiger partial charge in [0.05, 0.1) is 24.9 Å². The SMILES string of the molecule is CC(C)C1(O)CN(C(=O)[C@@H]2CCCC[C@@H]2C(=O)O)C1. The first-order valence-corrected chi connectivity index (χ1v) is 7.09. The van der Waals surface area contributed by atoms with E-state index in [-0.39, 0.29) is 11.8 Å². The zero-order valence-electron chi connectivity index (χ0n) is 11.6. The van der Waals surface area contributed by atoms with Gasteiger partial charge in [-0.15, -0.1) is 0 Å². The van der Waals surface area contributed by atoms with Crippen molar-refractivity contribution < 1.29 is 19.8 Å². The Bertz CT molecular complexity index is 374. The third-order valence-corrected chi connectivity index (χ3v) is 4.72. The second-order valence-electron chi connectivity index (χ2n) is 6.29. The molecule has 0 aromatic carbocycles. The minimum Gasteiger partial charge on any atom is -0.481 e. The average Bonchev–Trinajstić information content (AvgIpc) is 2.33. The van der Waals surface area contributed by atoms with Crippen LogP contribution >= 0.6 is 0 Å². The zero-order valence-corrected chi connectivity index (χ0v) is 11.6. The lowest BCUT2D eigenvalue weighted by Gasteiger charge is -2.50. The summed E-state index contributed by atoms with van der Waals surface area (Å²) in [5, 5.41) is 19.4. The summed E-state index contributed by atoms with van der Waals surface area (Å²) in [6.45, 7) is 4.55. The number of carboxylic acid groups (broad SMARTS) is 1. The predicted octanol–water partition coefficient (Wildman–Crippen LogP) is 1.11. The molecule has 0 unspecified atom stereocenters. The van der Waals surface area contributed by atoms with Gasteiger partial charge in [-0.2, -0.15) is 0 Å². The molecule has 0 spiro atoms. The highest BCUT2D eigenvalue weighted by atomic mass is 16.4. The van der Waals surface area contributed by atoms with E-state index in [9.17, 15) is 19.8 Å². The largest absolute Gasteiger partial charge is 0.481 e. The van der Waals surface area contributed by atoms with E-state index in [1.807, 2.05) is 13.8 Å². The third-order valence-electron chi connectivity index (χ3n) is 4.72. The number of carbonyl (C=O) groups excluding carboxylic acids is 1. The molecule has 2 N–H and O–H groups in total. The Hall–Kier alpha value is -1.10. The molecule has 0 radical (unpaired) electrons. The second-order valence-corrected chi connectivity index (χ2v) is 6.29. The first-order valence-electron chi connectivity index (χ1n) is 7.09. The second kappa shape index (κ2) is 5.12. The van der Waals surface area contributed by atoms with E-state index in [2.05, 4.69) is 0 Å². The van der Waals surface area contributed by atoms with Gasteiger partial charge in [0.2, 0.25) is 5.91 Å². The van der Waals surface area contributed by atoms with Crippen molar-refractivity contribution in [2.75, 3.05) is 13.1 Å². The smallest absolute Gasteiger partial charge is 0.307 e. The molecule has 2 fully saturated rings. The molecule has 1 heterocycles. The molecule has 1 aliphatic heterocycles. The summed E-state index contributed by atoms with van der Waals surface area (Å²) in [7, 11) is 0. The number of aliphatic hydroxyl groups is 1. The number of hydrogen-bond acceptors (Lipinski definition) is 3. The van der Waals surface area contributed by atoms with Gasteiger partial charge in [-0.05, 0) is 18.8 Å². The molecule has 1 saturated heterocycles. The van der Waals surface area contributed by atoms with Gasteiger partial charge in [-0.1, -0.05) is 26.7 Å². The van der Waals surface area contributed by atoms with E-state index in [4.69, 9.17) is 0 Å². The van der Waals surface area contributed by atoms with Crippen molar-refractivity contribution in [1.29, 1.82) is 0 Å². The quantitative estimate of drug-likeness (QED) is 0.804. The maximum atomic E-state index is 12.4. The summed E-state index contributed by atoms with van der Waals surface area (Å²) < 4.78 is 0. The van der Waals surface area contributed by atoms with E-state index >= 15 is 0 Å². The highest BCUT2D eigenvalue weighted by Crippen LogP contribution is 2.35. The summed E-state index contributed by atoms with van der Waals surface area (Å²) in [4.78, 5) is 25.2. The van der Waals surface area contributed by atoms with Crippen molar-refractivity contribution in [2.45, 2.75) is 45.1 Å². The number of hydrogen-bond donors (Lipinski definition) is 2. The summed E-state index contributed by atoms with van der Waals surface area (Å²) in [6.07, 6.45) is 3.06. The molecule has 0 bridgehead atoms. The molecule has 2 rings (SSSR count). The van der Waals surface area contributed by atoms with E-state index in [1.165, 1.54) is 0 Å². The van der Waals surface area contributed by atoms with Crippen LogP contribution < -0.4 is 0 Å². The van der Waals surface area contributed by atoms with Crippen molar-refractivity contribution in [3.8, 4) is 0 Å². The van der Waals surface area contributed by atoms with Crippen LogP contribution in [-0.4, -0.2) is 45.7 Å². The molecular formula is C14H23NO4. The van der Waals surface area contributed by atoms with Gasteiger partial charge in [0.1, 0.15) is 5.60 Å². The summed E-state index contributed by atoms with van der Waals surface area (Å²) in [5.74, 6) is -1.79. The van der Waals surface area contributed by atoms with Crippen LogP contribution in [0, 0.1) is 17.8 Å². The number of β-amino-alcohol motifs (C(OH)–C–C–N with tert-alkyl or cyclic N) is 1. The Morgan fingerprint density at radius 3 is 2.16 bits per heavy atom. The predicted molar refractivity (Wildman–Crippen MR) is 69.5 cm³/mol. The van der Waals surface area contributed by atoms with Crippen LogP contribution in [0.4, 0.5) is 0 Å².